The molecular formula is C11H18O3. The van der Waals surface area contributed by atoms with E-state index >= 15 is 0 Å². The zero-order chi connectivity index (χ0) is 10.8. The summed E-state index contributed by atoms with van der Waals surface area (Å²) in [6.45, 7) is 2.12. The number of hydrogen-bond donors (Lipinski definition) is 0. The van der Waals surface area contributed by atoms with E-state index in [-0.39, 0.29) is 12.2 Å². The van der Waals surface area contributed by atoms with Crippen LogP contribution in [0, 0.1) is 0 Å². The highest BCUT2D eigenvalue weighted by Gasteiger charge is 2.06. The highest BCUT2D eigenvalue weighted by Crippen LogP contribution is 1.98. The van der Waals surface area contributed by atoms with Gasteiger partial charge in [0.25, 0.3) is 0 Å². The van der Waals surface area contributed by atoms with Crippen LogP contribution in [0.15, 0.2) is 12.2 Å². The second kappa shape index (κ2) is 8.48. The molecule has 0 saturated heterocycles. The SMILES string of the molecule is CCCCC=CCC(=O)CC(=O)OC. The summed E-state index contributed by atoms with van der Waals surface area (Å²) in [6, 6.07) is 0. The lowest BCUT2D eigenvalue weighted by molar-refractivity contribution is -0.143. The third-order valence-corrected chi connectivity index (χ3v) is 1.81. The van der Waals surface area contributed by atoms with E-state index in [0.717, 1.165) is 19.3 Å². The van der Waals surface area contributed by atoms with Crippen LogP contribution in [-0.4, -0.2) is 18.9 Å². The molecule has 14 heavy (non-hydrogen) atoms. The number of ether oxygens (including phenoxy) is 1. The van der Waals surface area contributed by atoms with Crippen molar-refractivity contribution in [2.24, 2.45) is 0 Å². The van der Waals surface area contributed by atoms with E-state index < -0.39 is 5.97 Å². The maximum atomic E-state index is 11.1. The number of ketones is 1. The van der Waals surface area contributed by atoms with Crippen molar-refractivity contribution < 1.29 is 14.3 Å². The molecule has 0 fully saturated rings. The van der Waals surface area contributed by atoms with Gasteiger partial charge in [-0.15, -0.1) is 0 Å². The first-order valence-corrected chi connectivity index (χ1v) is 4.94. The minimum absolute atomic E-state index is 0.0930. The number of esters is 1. The fourth-order valence-electron chi connectivity index (χ4n) is 0.960. The average molecular weight is 198 g/mol. The smallest absolute Gasteiger partial charge is 0.313 e. The molecular weight excluding hydrogens is 180 g/mol. The fraction of sp³-hybridized carbons (Fsp3) is 0.636. The van der Waals surface area contributed by atoms with Crippen molar-refractivity contribution in [1.29, 1.82) is 0 Å². The molecule has 0 aliphatic heterocycles. The number of Topliss-reactive ketones (excluding diaryl/α,β-unsaturated/α-hetero) is 1. The summed E-state index contributed by atoms with van der Waals surface area (Å²) in [5, 5.41) is 0. The van der Waals surface area contributed by atoms with Gasteiger partial charge in [0.1, 0.15) is 12.2 Å². The van der Waals surface area contributed by atoms with Crippen LogP contribution in [0.25, 0.3) is 0 Å². The molecule has 0 aromatic rings. The van der Waals surface area contributed by atoms with Gasteiger partial charge in [-0.05, 0) is 6.42 Å². The molecule has 0 rings (SSSR count). The maximum absolute atomic E-state index is 11.1. The highest BCUT2D eigenvalue weighted by molar-refractivity contribution is 5.96. The predicted molar refractivity (Wildman–Crippen MR) is 54.9 cm³/mol. The monoisotopic (exact) mass is 198 g/mol. The molecule has 0 radical (unpaired) electrons. The predicted octanol–water partition coefficient (Wildman–Crippen LogP) is 2.26. The van der Waals surface area contributed by atoms with E-state index in [9.17, 15) is 9.59 Å². The lowest BCUT2D eigenvalue weighted by Gasteiger charge is -1.95. The van der Waals surface area contributed by atoms with Crippen LogP contribution in [0.5, 0.6) is 0 Å². The lowest BCUT2D eigenvalue weighted by Crippen LogP contribution is -2.07. The Labute approximate surface area is 85.1 Å². The quantitative estimate of drug-likeness (QED) is 0.273. The molecule has 0 heterocycles. The number of rotatable bonds is 7. The Morgan fingerprint density at radius 3 is 2.57 bits per heavy atom. The molecule has 3 heteroatoms. The molecule has 0 aromatic heterocycles. The summed E-state index contributed by atoms with van der Waals surface area (Å²) in [4.78, 5) is 21.8. The van der Waals surface area contributed by atoms with Crippen LogP contribution < -0.4 is 0 Å². The Kier molecular flexibility index (Phi) is 7.80. The summed E-state index contributed by atoms with van der Waals surface area (Å²) < 4.78 is 4.38. The summed E-state index contributed by atoms with van der Waals surface area (Å²) >= 11 is 0. The molecule has 0 aromatic carbocycles. The van der Waals surface area contributed by atoms with Gasteiger partial charge in [-0.3, -0.25) is 9.59 Å². The molecule has 3 nitrogen and oxygen atoms in total. The number of allylic oxidation sites excluding steroid dienone is 2. The number of methoxy groups -OCH3 is 1. The van der Waals surface area contributed by atoms with E-state index in [1.165, 1.54) is 7.11 Å². The second-order valence-corrected chi connectivity index (χ2v) is 3.11. The van der Waals surface area contributed by atoms with Gasteiger partial charge in [-0.2, -0.15) is 0 Å². The lowest BCUT2D eigenvalue weighted by atomic mass is 10.2. The number of carbonyl (C=O) groups excluding carboxylic acids is 2. The van der Waals surface area contributed by atoms with Crippen molar-refractivity contribution in [3.8, 4) is 0 Å². The minimum Gasteiger partial charge on any atom is -0.469 e. The molecule has 0 atom stereocenters. The van der Waals surface area contributed by atoms with Gasteiger partial charge < -0.3 is 4.74 Å². The molecule has 0 unspecified atom stereocenters. The van der Waals surface area contributed by atoms with Crippen molar-refractivity contribution in [2.45, 2.75) is 39.0 Å². The third kappa shape index (κ3) is 7.53. The first kappa shape index (κ1) is 12.9. The molecule has 0 spiro atoms. The fourth-order valence-corrected chi connectivity index (χ4v) is 0.960. The topological polar surface area (TPSA) is 43.4 Å². The number of hydrogen-bond acceptors (Lipinski definition) is 3. The number of carbonyl (C=O) groups is 2. The highest BCUT2D eigenvalue weighted by atomic mass is 16.5. The van der Waals surface area contributed by atoms with Gasteiger partial charge in [-0.25, -0.2) is 0 Å². The van der Waals surface area contributed by atoms with Crippen LogP contribution in [-0.2, 0) is 14.3 Å². The van der Waals surface area contributed by atoms with Crippen LogP contribution in [0.1, 0.15) is 39.0 Å². The van der Waals surface area contributed by atoms with Crippen molar-refractivity contribution in [2.75, 3.05) is 7.11 Å². The maximum Gasteiger partial charge on any atom is 0.313 e. The average Bonchev–Trinajstić information content (AvgIpc) is 2.17. The molecule has 0 N–H and O–H groups in total. The van der Waals surface area contributed by atoms with Crippen LogP contribution in [0.2, 0.25) is 0 Å². The van der Waals surface area contributed by atoms with Crippen molar-refractivity contribution in [1.82, 2.24) is 0 Å². The van der Waals surface area contributed by atoms with Crippen molar-refractivity contribution in [3.05, 3.63) is 12.2 Å². The normalized spacial score (nSPS) is 10.4. The summed E-state index contributed by atoms with van der Waals surface area (Å²) in [5.41, 5.74) is 0. The minimum atomic E-state index is -0.461. The van der Waals surface area contributed by atoms with Gasteiger partial charge >= 0.3 is 5.97 Å². The first-order valence-electron chi connectivity index (χ1n) is 4.94. The molecule has 0 saturated carbocycles. The van der Waals surface area contributed by atoms with E-state index in [0.29, 0.717) is 6.42 Å². The first-order chi connectivity index (χ1) is 6.70. The molecule has 80 valence electrons. The zero-order valence-electron chi connectivity index (χ0n) is 8.91. The molecule has 0 amide bonds. The van der Waals surface area contributed by atoms with Crippen LogP contribution in [0.3, 0.4) is 0 Å². The molecule has 0 aliphatic carbocycles. The number of unbranched alkanes of at least 4 members (excludes halogenated alkanes) is 2. The van der Waals surface area contributed by atoms with Gasteiger partial charge in [-0.1, -0.05) is 31.9 Å². The van der Waals surface area contributed by atoms with E-state index in [1.807, 2.05) is 12.2 Å². The Morgan fingerprint density at radius 2 is 2.00 bits per heavy atom. The largest absolute Gasteiger partial charge is 0.469 e. The Morgan fingerprint density at radius 1 is 1.29 bits per heavy atom. The van der Waals surface area contributed by atoms with E-state index in [2.05, 4.69) is 11.7 Å². The van der Waals surface area contributed by atoms with Gasteiger partial charge in [0.15, 0.2) is 0 Å². The second-order valence-electron chi connectivity index (χ2n) is 3.11. The standard InChI is InChI=1S/C11H18O3/c1-3-4-5-6-7-8-10(12)9-11(13)14-2/h6-7H,3-5,8-9H2,1-2H3. The van der Waals surface area contributed by atoms with Gasteiger partial charge in [0.05, 0.1) is 7.11 Å². The summed E-state index contributed by atoms with van der Waals surface area (Å²) in [5.74, 6) is -0.554. The Bertz CT molecular complexity index is 207. The van der Waals surface area contributed by atoms with Crippen molar-refractivity contribution >= 4 is 11.8 Å². The molecule has 0 bridgehead atoms. The molecule has 0 aliphatic rings. The van der Waals surface area contributed by atoms with Crippen LogP contribution >= 0.6 is 0 Å². The van der Waals surface area contributed by atoms with Crippen LogP contribution in [0.4, 0.5) is 0 Å². The van der Waals surface area contributed by atoms with Gasteiger partial charge in [0.2, 0.25) is 0 Å². The van der Waals surface area contributed by atoms with E-state index in [4.69, 9.17) is 0 Å². The zero-order valence-corrected chi connectivity index (χ0v) is 8.91. The third-order valence-electron chi connectivity index (χ3n) is 1.81. The summed E-state index contributed by atoms with van der Waals surface area (Å²) in [6.07, 6.45) is 7.32. The van der Waals surface area contributed by atoms with Gasteiger partial charge in [0, 0.05) is 6.42 Å². The Hall–Kier alpha value is -1.12. The van der Waals surface area contributed by atoms with Crippen molar-refractivity contribution in [3.63, 3.8) is 0 Å². The van der Waals surface area contributed by atoms with E-state index in [1.54, 1.807) is 0 Å². The summed E-state index contributed by atoms with van der Waals surface area (Å²) in [7, 11) is 1.28. The Balaban J connectivity index is 3.53.